The SMILES string of the molecule is CC(C)(C)c1ccc2c3c1c1cc(-c4ccccc4)ccc1n3-c1cc(-c3nc(-c4ccccc4)nc(-c4ccccc4)n3)cc3c1B2c1ccc(C(C)(C)C)c2c4cc(-c5ccccc5)ccc4n-3c12. The fourth-order valence-corrected chi connectivity index (χ4v) is 12.0. The summed E-state index contributed by atoms with van der Waals surface area (Å²) in [6, 6.07) is 71.0. The Balaban J connectivity index is 1.16. The first-order chi connectivity index (χ1) is 34.5. The molecule has 9 aromatic carbocycles. The Bertz CT molecular complexity index is 3900. The van der Waals surface area contributed by atoms with Gasteiger partial charge in [0.2, 0.25) is 0 Å². The van der Waals surface area contributed by atoms with E-state index in [1.165, 1.54) is 93.4 Å². The smallest absolute Gasteiger partial charge is 0.252 e. The van der Waals surface area contributed by atoms with Crippen LogP contribution in [0, 0.1) is 0 Å². The second-order valence-corrected chi connectivity index (χ2v) is 21.6. The van der Waals surface area contributed by atoms with E-state index in [2.05, 4.69) is 208 Å². The number of rotatable bonds is 5. The summed E-state index contributed by atoms with van der Waals surface area (Å²) in [7, 11) is 0. The third kappa shape index (κ3) is 6.23. The first-order valence-corrected chi connectivity index (χ1v) is 24.9. The van der Waals surface area contributed by atoms with Gasteiger partial charge in [0.05, 0.1) is 11.0 Å². The van der Waals surface area contributed by atoms with Gasteiger partial charge in [0.15, 0.2) is 17.5 Å². The van der Waals surface area contributed by atoms with Crippen LogP contribution in [0.3, 0.4) is 0 Å². The van der Waals surface area contributed by atoms with Crippen LogP contribution in [-0.4, -0.2) is 30.8 Å². The van der Waals surface area contributed by atoms with Crippen LogP contribution in [0.2, 0.25) is 0 Å². The van der Waals surface area contributed by atoms with Crippen LogP contribution in [0.5, 0.6) is 0 Å². The maximum atomic E-state index is 5.39. The van der Waals surface area contributed by atoms with Crippen molar-refractivity contribution in [3.8, 4) is 67.8 Å². The lowest BCUT2D eigenvalue weighted by molar-refractivity contribution is 0.596. The third-order valence-corrected chi connectivity index (χ3v) is 15.2. The monoisotopic (exact) mass is 911 g/mol. The standard InChI is InChI=1S/C65H50BN5/c1-64(2,3)48-29-31-50-59-56(48)46-35-43(39-19-11-7-12-20-39)27-33-52(46)70(59)54-37-45(63-68-61(41-23-15-9-16-24-41)67-62(69-63)42-25-17-10-18-26-42)38-55-58(54)66(50)51-32-30-49(65(4,5)6)57-47-36-44(40-21-13-8-14-22-40)28-34-53(47)71(55)60(51)57/h7-38H,1-6H3. The molecule has 0 saturated heterocycles. The Hall–Kier alpha value is -8.35. The minimum atomic E-state index is -0.128. The van der Waals surface area contributed by atoms with E-state index in [0.29, 0.717) is 17.5 Å². The van der Waals surface area contributed by atoms with Crippen molar-refractivity contribution in [3.63, 3.8) is 0 Å². The quantitative estimate of drug-likeness (QED) is 0.162. The summed E-state index contributed by atoms with van der Waals surface area (Å²) in [6.07, 6.45) is 0. The lowest BCUT2D eigenvalue weighted by Crippen LogP contribution is -2.59. The third-order valence-electron chi connectivity index (χ3n) is 15.2. The lowest BCUT2D eigenvalue weighted by atomic mass is 9.34. The molecule has 5 heterocycles. The fraction of sp³-hybridized carbons (Fsp3) is 0.123. The van der Waals surface area contributed by atoms with Gasteiger partial charge in [-0.25, -0.2) is 15.0 Å². The van der Waals surface area contributed by atoms with Gasteiger partial charge in [-0.15, -0.1) is 0 Å². The first kappa shape index (κ1) is 41.6. The van der Waals surface area contributed by atoms with Gasteiger partial charge in [-0.1, -0.05) is 199 Å². The van der Waals surface area contributed by atoms with Crippen LogP contribution >= 0.6 is 0 Å². The van der Waals surface area contributed by atoms with Crippen LogP contribution in [0.15, 0.2) is 194 Å². The number of aromatic nitrogens is 5. The van der Waals surface area contributed by atoms with Crippen molar-refractivity contribution in [1.82, 2.24) is 24.1 Å². The van der Waals surface area contributed by atoms with E-state index in [0.717, 1.165) is 28.1 Å². The molecular formula is C65H50BN5. The van der Waals surface area contributed by atoms with Gasteiger partial charge in [0.25, 0.3) is 6.71 Å². The fourth-order valence-electron chi connectivity index (χ4n) is 12.0. The number of benzene rings is 9. The zero-order valence-corrected chi connectivity index (χ0v) is 40.8. The van der Waals surface area contributed by atoms with Crippen molar-refractivity contribution in [2.75, 3.05) is 0 Å². The topological polar surface area (TPSA) is 48.5 Å². The molecule has 0 amide bonds. The summed E-state index contributed by atoms with van der Waals surface area (Å²) in [5.74, 6) is 1.92. The van der Waals surface area contributed by atoms with Crippen molar-refractivity contribution in [3.05, 3.63) is 205 Å². The average Bonchev–Trinajstić information content (AvgIpc) is 3.93. The Morgan fingerprint density at radius 2 is 0.718 bits per heavy atom. The van der Waals surface area contributed by atoms with Crippen molar-refractivity contribution < 1.29 is 0 Å². The molecule has 2 aliphatic heterocycles. The minimum absolute atomic E-state index is 0.0454. The van der Waals surface area contributed by atoms with E-state index < -0.39 is 0 Å². The van der Waals surface area contributed by atoms with Gasteiger partial charge in [0, 0.05) is 60.6 Å². The number of nitrogens with zero attached hydrogens (tertiary/aromatic N) is 5. The van der Waals surface area contributed by atoms with E-state index >= 15 is 0 Å². The summed E-state index contributed by atoms with van der Waals surface area (Å²) < 4.78 is 5.18. The maximum absolute atomic E-state index is 5.39. The zero-order chi connectivity index (χ0) is 47.9. The Kier molecular flexibility index (Phi) is 8.84. The van der Waals surface area contributed by atoms with Crippen LogP contribution < -0.4 is 16.4 Å². The number of hydrogen-bond donors (Lipinski definition) is 0. The Morgan fingerprint density at radius 3 is 1.10 bits per heavy atom. The molecule has 5 nitrogen and oxygen atoms in total. The minimum Gasteiger partial charge on any atom is -0.310 e. The molecular weight excluding hydrogens is 862 g/mol. The molecule has 14 rings (SSSR count). The molecule has 0 spiro atoms. The Labute approximate surface area is 414 Å². The molecule has 0 aliphatic carbocycles. The van der Waals surface area contributed by atoms with E-state index in [9.17, 15) is 0 Å². The molecule has 71 heavy (non-hydrogen) atoms. The van der Waals surface area contributed by atoms with Gasteiger partial charge in [-0.05, 0) is 97.0 Å². The van der Waals surface area contributed by atoms with Crippen LogP contribution in [0.25, 0.3) is 111 Å². The zero-order valence-electron chi connectivity index (χ0n) is 40.8. The van der Waals surface area contributed by atoms with Crippen LogP contribution in [-0.2, 0) is 10.8 Å². The predicted octanol–water partition coefficient (Wildman–Crippen LogP) is 14.1. The summed E-state index contributed by atoms with van der Waals surface area (Å²) in [4.78, 5) is 15.9. The Morgan fingerprint density at radius 1 is 0.352 bits per heavy atom. The summed E-state index contributed by atoms with van der Waals surface area (Å²) in [5, 5.41) is 5.16. The normalized spacial score (nSPS) is 12.9. The first-order valence-electron chi connectivity index (χ1n) is 24.9. The molecule has 2 aliphatic rings. The highest BCUT2D eigenvalue weighted by Crippen LogP contribution is 2.46. The van der Waals surface area contributed by atoms with Gasteiger partial charge in [-0.3, -0.25) is 0 Å². The van der Waals surface area contributed by atoms with Crippen LogP contribution in [0.4, 0.5) is 0 Å². The number of fused-ring (bicyclic) bond motifs is 10. The van der Waals surface area contributed by atoms with E-state index in [1.54, 1.807) is 0 Å². The molecule has 6 heteroatoms. The molecule has 0 bridgehead atoms. The molecule has 0 atom stereocenters. The second kappa shape index (κ2) is 15.1. The molecule has 0 saturated carbocycles. The van der Waals surface area contributed by atoms with Gasteiger partial charge < -0.3 is 9.13 Å². The largest absolute Gasteiger partial charge is 0.310 e. The van der Waals surface area contributed by atoms with Crippen LogP contribution in [0.1, 0.15) is 52.7 Å². The molecule has 12 aromatic rings. The lowest BCUT2D eigenvalue weighted by Gasteiger charge is -2.35. The predicted molar refractivity (Wildman–Crippen MR) is 298 cm³/mol. The van der Waals surface area contributed by atoms with Gasteiger partial charge in [0.1, 0.15) is 0 Å². The summed E-state index contributed by atoms with van der Waals surface area (Å²) in [6.45, 7) is 14.1. The van der Waals surface area contributed by atoms with E-state index in [1.807, 2.05) is 36.4 Å². The molecule has 0 unspecified atom stereocenters. The second-order valence-electron chi connectivity index (χ2n) is 21.6. The van der Waals surface area contributed by atoms with Gasteiger partial charge >= 0.3 is 0 Å². The van der Waals surface area contributed by atoms with E-state index in [4.69, 9.17) is 15.0 Å². The van der Waals surface area contributed by atoms with E-state index in [-0.39, 0.29) is 17.5 Å². The average molecular weight is 912 g/mol. The van der Waals surface area contributed by atoms with Gasteiger partial charge in [-0.2, -0.15) is 0 Å². The number of hydrogen-bond acceptors (Lipinski definition) is 3. The summed E-state index contributed by atoms with van der Waals surface area (Å²) >= 11 is 0. The molecule has 0 fully saturated rings. The highest BCUT2D eigenvalue weighted by atomic mass is 15.1. The van der Waals surface area contributed by atoms with Crippen molar-refractivity contribution >= 4 is 66.7 Å². The molecule has 0 radical (unpaired) electrons. The summed E-state index contributed by atoms with van der Waals surface area (Å²) in [5.41, 5.74) is 21.3. The highest BCUT2D eigenvalue weighted by molar-refractivity contribution is 7.00. The maximum Gasteiger partial charge on any atom is 0.252 e. The van der Waals surface area contributed by atoms with Crippen molar-refractivity contribution in [1.29, 1.82) is 0 Å². The van der Waals surface area contributed by atoms with Crippen molar-refractivity contribution in [2.24, 2.45) is 0 Å². The molecule has 338 valence electrons. The molecule has 0 N–H and O–H groups in total. The van der Waals surface area contributed by atoms with Crippen molar-refractivity contribution in [2.45, 2.75) is 52.4 Å². The molecule has 3 aromatic heterocycles. The highest BCUT2D eigenvalue weighted by Gasteiger charge is 2.43.